The minimum Gasteiger partial charge on any atom is -0.408 e. The molecule has 3 aromatic rings. The average Bonchev–Trinajstić information content (AvgIpc) is 3.38. The number of benzene rings is 2. The molecule has 5 rings (SSSR count). The zero-order valence-corrected chi connectivity index (χ0v) is 16.6. The molecule has 0 amide bonds. The molecule has 152 valence electrons. The minimum atomic E-state index is -3.77. The number of nitrogens with one attached hydrogen (secondary N) is 1. The lowest BCUT2D eigenvalue weighted by molar-refractivity contribution is 0.0889. The summed E-state index contributed by atoms with van der Waals surface area (Å²) < 4.78 is 33.6. The van der Waals surface area contributed by atoms with Crippen LogP contribution < -0.4 is 5.76 Å². The SMILES string of the molecule is O=c1[nH]c2cc(S(=O)(=O)N3[C@H]4CC[C@@H]3[C@@](CO)(Cc3ccccc3)C4)ccc2o1. The van der Waals surface area contributed by atoms with Gasteiger partial charge in [0.15, 0.2) is 5.58 Å². The van der Waals surface area contributed by atoms with E-state index in [1.807, 2.05) is 30.3 Å². The fraction of sp³-hybridized carbons (Fsp3) is 0.381. The van der Waals surface area contributed by atoms with E-state index in [0.29, 0.717) is 23.9 Å². The highest BCUT2D eigenvalue weighted by atomic mass is 32.2. The third kappa shape index (κ3) is 2.86. The molecular weight excluding hydrogens is 392 g/mol. The Morgan fingerprint density at radius 3 is 2.72 bits per heavy atom. The number of sulfonamides is 1. The van der Waals surface area contributed by atoms with Gasteiger partial charge in [0.05, 0.1) is 17.0 Å². The number of nitrogens with zero attached hydrogens (tertiary/aromatic N) is 1. The minimum absolute atomic E-state index is 0.0524. The molecule has 0 aliphatic carbocycles. The summed E-state index contributed by atoms with van der Waals surface area (Å²) in [5.74, 6) is -0.613. The first-order valence-corrected chi connectivity index (χ1v) is 11.2. The first-order chi connectivity index (χ1) is 13.9. The molecule has 0 spiro atoms. The van der Waals surface area contributed by atoms with E-state index in [0.717, 1.165) is 18.4 Å². The summed E-state index contributed by atoms with van der Waals surface area (Å²) in [4.78, 5) is 14.1. The van der Waals surface area contributed by atoms with Crippen LogP contribution in [-0.2, 0) is 16.4 Å². The van der Waals surface area contributed by atoms with Gasteiger partial charge in [-0.3, -0.25) is 4.98 Å². The number of rotatable bonds is 5. The molecule has 3 atom stereocenters. The molecule has 8 heteroatoms. The Bertz CT molecular complexity index is 1220. The van der Waals surface area contributed by atoms with Crippen LogP contribution in [0.5, 0.6) is 0 Å². The van der Waals surface area contributed by atoms with Crippen molar-refractivity contribution in [2.45, 2.75) is 42.7 Å². The third-order valence-corrected chi connectivity index (χ3v) is 8.43. The fourth-order valence-corrected chi connectivity index (χ4v) is 7.21. The maximum absolute atomic E-state index is 13.5. The Hall–Kier alpha value is -2.42. The van der Waals surface area contributed by atoms with Crippen LogP contribution in [0.25, 0.3) is 11.1 Å². The van der Waals surface area contributed by atoms with Crippen LogP contribution in [0.3, 0.4) is 0 Å². The first-order valence-electron chi connectivity index (χ1n) is 9.74. The summed E-state index contributed by atoms with van der Waals surface area (Å²) in [6.45, 7) is -0.0524. The van der Waals surface area contributed by atoms with Gasteiger partial charge in [0, 0.05) is 17.5 Å². The van der Waals surface area contributed by atoms with Crippen LogP contribution in [0.2, 0.25) is 0 Å². The molecule has 2 fully saturated rings. The molecule has 2 aromatic carbocycles. The van der Waals surface area contributed by atoms with Crippen LogP contribution >= 0.6 is 0 Å². The van der Waals surface area contributed by atoms with Gasteiger partial charge >= 0.3 is 5.76 Å². The fourth-order valence-electron chi connectivity index (χ4n) is 5.23. The van der Waals surface area contributed by atoms with E-state index in [9.17, 15) is 18.3 Å². The monoisotopic (exact) mass is 414 g/mol. The molecule has 0 radical (unpaired) electrons. The number of aromatic amines is 1. The summed E-state index contributed by atoms with van der Waals surface area (Å²) in [6, 6.07) is 14.0. The van der Waals surface area contributed by atoms with Crippen LogP contribution in [0.4, 0.5) is 0 Å². The van der Waals surface area contributed by atoms with Crippen LogP contribution in [0.1, 0.15) is 24.8 Å². The number of aromatic nitrogens is 1. The molecule has 2 aliphatic heterocycles. The number of hydrogen-bond donors (Lipinski definition) is 2. The van der Waals surface area contributed by atoms with Gasteiger partial charge in [-0.05, 0) is 49.4 Å². The Balaban J connectivity index is 1.52. The smallest absolute Gasteiger partial charge is 0.408 e. The largest absolute Gasteiger partial charge is 0.417 e. The summed E-state index contributed by atoms with van der Waals surface area (Å²) >= 11 is 0. The Kier molecular flexibility index (Phi) is 4.20. The normalized spacial score (nSPS) is 27.1. The number of aliphatic hydroxyl groups is 1. The van der Waals surface area contributed by atoms with E-state index in [-0.39, 0.29) is 23.6 Å². The highest BCUT2D eigenvalue weighted by Gasteiger charge is 2.59. The van der Waals surface area contributed by atoms with E-state index >= 15 is 0 Å². The van der Waals surface area contributed by atoms with Crippen molar-refractivity contribution in [2.75, 3.05) is 6.61 Å². The number of aliphatic hydroxyl groups excluding tert-OH is 1. The topological polar surface area (TPSA) is 104 Å². The van der Waals surface area contributed by atoms with Crippen LogP contribution in [-0.4, -0.2) is 41.5 Å². The van der Waals surface area contributed by atoms with Crippen molar-refractivity contribution in [3.63, 3.8) is 0 Å². The lowest BCUT2D eigenvalue weighted by atomic mass is 9.70. The maximum Gasteiger partial charge on any atom is 0.417 e. The lowest BCUT2D eigenvalue weighted by Crippen LogP contribution is -2.43. The molecular formula is C21H22N2O5S. The van der Waals surface area contributed by atoms with Gasteiger partial charge in [0.1, 0.15) is 0 Å². The molecule has 0 unspecified atom stereocenters. The standard InChI is InChI=1S/C21H22N2O5S/c24-13-21(11-14-4-2-1-3-5-14)12-15-6-9-19(21)23(15)29(26,27)16-7-8-18-17(10-16)22-20(25)28-18/h1-5,7-8,10,15,19,24H,6,9,11-13H2,(H,22,25)/t15-,19+,21-/m0/s1. The predicted octanol–water partition coefficient (Wildman–Crippen LogP) is 2.27. The van der Waals surface area contributed by atoms with Crippen LogP contribution in [0.15, 0.2) is 62.6 Å². The van der Waals surface area contributed by atoms with Crippen molar-refractivity contribution in [2.24, 2.45) is 5.41 Å². The van der Waals surface area contributed by atoms with Gasteiger partial charge in [-0.15, -0.1) is 0 Å². The highest BCUT2D eigenvalue weighted by Crippen LogP contribution is 2.53. The molecule has 2 N–H and O–H groups in total. The Morgan fingerprint density at radius 2 is 1.97 bits per heavy atom. The van der Waals surface area contributed by atoms with E-state index < -0.39 is 21.2 Å². The highest BCUT2D eigenvalue weighted by molar-refractivity contribution is 7.89. The van der Waals surface area contributed by atoms with Gasteiger partial charge < -0.3 is 9.52 Å². The number of hydrogen-bond acceptors (Lipinski definition) is 5. The molecule has 7 nitrogen and oxygen atoms in total. The second-order valence-electron chi connectivity index (χ2n) is 8.14. The number of H-pyrrole nitrogens is 1. The second-order valence-corrected chi connectivity index (χ2v) is 9.98. The molecule has 2 saturated heterocycles. The zero-order chi connectivity index (χ0) is 20.2. The quantitative estimate of drug-likeness (QED) is 0.667. The van der Waals surface area contributed by atoms with Crippen molar-refractivity contribution < 1.29 is 17.9 Å². The molecule has 1 aromatic heterocycles. The van der Waals surface area contributed by atoms with E-state index in [2.05, 4.69) is 4.98 Å². The van der Waals surface area contributed by atoms with Crippen molar-refractivity contribution >= 4 is 21.1 Å². The van der Waals surface area contributed by atoms with Gasteiger partial charge in [-0.25, -0.2) is 13.2 Å². The summed E-state index contributed by atoms with van der Waals surface area (Å²) in [5.41, 5.74) is 1.31. The predicted molar refractivity (Wildman–Crippen MR) is 107 cm³/mol. The number of fused-ring (bicyclic) bond motifs is 3. The second kappa shape index (κ2) is 6.55. The van der Waals surface area contributed by atoms with Gasteiger partial charge in [0.25, 0.3) is 0 Å². The average molecular weight is 414 g/mol. The van der Waals surface area contributed by atoms with E-state index in [4.69, 9.17) is 4.42 Å². The molecule has 3 heterocycles. The maximum atomic E-state index is 13.5. The summed E-state index contributed by atoms with van der Waals surface area (Å²) in [7, 11) is -3.77. The van der Waals surface area contributed by atoms with E-state index in [1.165, 1.54) is 18.2 Å². The van der Waals surface area contributed by atoms with Crippen molar-refractivity contribution in [3.8, 4) is 0 Å². The van der Waals surface area contributed by atoms with Gasteiger partial charge in [0.2, 0.25) is 10.0 Å². The third-order valence-electron chi connectivity index (χ3n) is 6.47. The van der Waals surface area contributed by atoms with Crippen molar-refractivity contribution in [1.82, 2.24) is 9.29 Å². The first kappa shape index (κ1) is 18.6. The van der Waals surface area contributed by atoms with Crippen molar-refractivity contribution in [3.05, 3.63) is 64.6 Å². The molecule has 29 heavy (non-hydrogen) atoms. The van der Waals surface area contributed by atoms with Crippen molar-refractivity contribution in [1.29, 1.82) is 0 Å². The zero-order valence-electron chi connectivity index (χ0n) is 15.7. The van der Waals surface area contributed by atoms with Crippen LogP contribution in [0, 0.1) is 5.41 Å². The van der Waals surface area contributed by atoms with E-state index in [1.54, 1.807) is 4.31 Å². The molecule has 0 saturated carbocycles. The Morgan fingerprint density at radius 1 is 1.17 bits per heavy atom. The molecule has 2 aliphatic rings. The molecule has 2 bridgehead atoms. The lowest BCUT2D eigenvalue weighted by Gasteiger charge is -2.36. The Labute approximate surface area is 168 Å². The summed E-state index contributed by atoms with van der Waals surface area (Å²) in [5, 5.41) is 10.3. The van der Waals surface area contributed by atoms with Gasteiger partial charge in [-0.1, -0.05) is 30.3 Å². The number of oxazole rings is 1. The van der Waals surface area contributed by atoms with Gasteiger partial charge in [-0.2, -0.15) is 4.31 Å². The summed E-state index contributed by atoms with van der Waals surface area (Å²) in [6.07, 6.45) is 2.83.